The second-order valence-corrected chi connectivity index (χ2v) is 13.3. The van der Waals surface area contributed by atoms with Gasteiger partial charge in [-0.25, -0.2) is 10.1 Å². The predicted molar refractivity (Wildman–Crippen MR) is 167 cm³/mol. The Kier molecular flexibility index (Phi) is 7.03. The Labute approximate surface area is 265 Å². The lowest BCUT2D eigenvalue weighted by atomic mass is 9.49. The molecular formula is C33H35N9O4. The van der Waals surface area contributed by atoms with Crippen molar-refractivity contribution in [2.45, 2.75) is 57.9 Å². The first kappa shape index (κ1) is 28.4. The van der Waals surface area contributed by atoms with Gasteiger partial charge in [0.05, 0.1) is 23.9 Å². The molecule has 13 nitrogen and oxygen atoms in total. The molecule has 2 aromatic heterocycles. The number of para-hydroxylation sites is 1. The van der Waals surface area contributed by atoms with Gasteiger partial charge in [0.25, 0.3) is 5.91 Å². The van der Waals surface area contributed by atoms with Crippen LogP contribution < -0.4 is 20.8 Å². The van der Waals surface area contributed by atoms with E-state index in [0.29, 0.717) is 35.7 Å². The van der Waals surface area contributed by atoms with Gasteiger partial charge in [-0.05, 0) is 121 Å². The summed E-state index contributed by atoms with van der Waals surface area (Å²) in [6, 6.07) is 15.3. The fraction of sp³-hybridized carbons (Fsp3) is 0.424. The second kappa shape index (κ2) is 11.4. The topological polar surface area (TPSA) is 167 Å². The molecule has 1 amide bonds. The van der Waals surface area contributed by atoms with Gasteiger partial charge >= 0.3 is 5.97 Å². The zero-order valence-corrected chi connectivity index (χ0v) is 25.3. The fourth-order valence-corrected chi connectivity index (χ4v) is 8.50. The largest absolute Gasteiger partial charge is 0.426 e. The highest BCUT2D eigenvalue weighted by molar-refractivity contribution is 5.94. The number of nitrogens with two attached hydrogens (primary N) is 1. The quantitative estimate of drug-likeness (QED) is 0.127. The number of rotatable bonds is 8. The standard InChI is InChI=1S/C33H35N9O4/c34-29-30(39-46-38-29)42-27(19-41-11-3-5-24-4-1-2-6-26(24)41)28(36-40-42)31(43)37-35-18-20-7-9-25(10-8-20)45-32(44)33-15-21-12-22(16-33)14-23(13-21)17-33/h1-2,4,6-10,18,21-23H,3,5,11-17,19H2,(H2,34,38)(H,37,43)/b35-18-. The van der Waals surface area contributed by atoms with Crippen LogP contribution >= 0.6 is 0 Å². The van der Waals surface area contributed by atoms with Gasteiger partial charge in [0.15, 0.2) is 5.69 Å². The summed E-state index contributed by atoms with van der Waals surface area (Å²) < 4.78 is 12.1. The average Bonchev–Trinajstić information content (AvgIpc) is 3.67. The van der Waals surface area contributed by atoms with Crippen LogP contribution in [0.2, 0.25) is 0 Å². The zero-order valence-electron chi connectivity index (χ0n) is 25.3. The molecule has 236 valence electrons. The van der Waals surface area contributed by atoms with Crippen molar-refractivity contribution < 1.29 is 19.0 Å². The minimum absolute atomic E-state index is 0.0298. The van der Waals surface area contributed by atoms with Crippen LogP contribution in [-0.4, -0.2) is 49.9 Å². The highest BCUT2D eigenvalue weighted by Gasteiger charge is 2.55. The number of hydrazone groups is 1. The van der Waals surface area contributed by atoms with E-state index in [4.69, 9.17) is 15.1 Å². The van der Waals surface area contributed by atoms with Gasteiger partial charge in [-0.15, -0.1) is 5.10 Å². The SMILES string of the molecule is Nc1nonc1-n1nnc(C(=O)N/N=C\c2ccc(OC(=O)C34CC5CC(CC(C5)C3)C4)cc2)c1CN1CCCc2ccccc21. The van der Waals surface area contributed by atoms with Gasteiger partial charge < -0.3 is 15.4 Å². The Bertz CT molecular complexity index is 1780. The number of aromatic nitrogens is 5. The number of ether oxygens (including phenoxy) is 1. The average molecular weight is 622 g/mol. The van der Waals surface area contributed by atoms with Crippen molar-refractivity contribution in [1.82, 2.24) is 30.7 Å². The number of nitrogens with one attached hydrogen (secondary N) is 1. The van der Waals surface area contributed by atoms with Crippen molar-refractivity contribution in [3.8, 4) is 11.6 Å². The van der Waals surface area contributed by atoms with E-state index in [-0.39, 0.29) is 28.7 Å². The van der Waals surface area contributed by atoms with Crippen LogP contribution in [0.1, 0.15) is 72.3 Å². The molecule has 46 heavy (non-hydrogen) atoms. The molecule has 3 N–H and O–H groups in total. The lowest BCUT2D eigenvalue weighted by molar-refractivity contribution is -0.161. The normalized spacial score (nSPS) is 24.7. The van der Waals surface area contributed by atoms with Crippen molar-refractivity contribution in [2.75, 3.05) is 17.2 Å². The van der Waals surface area contributed by atoms with Crippen LogP contribution in [-0.2, 0) is 17.8 Å². The van der Waals surface area contributed by atoms with Gasteiger partial charge in [-0.2, -0.15) is 9.78 Å². The van der Waals surface area contributed by atoms with E-state index < -0.39 is 5.91 Å². The van der Waals surface area contributed by atoms with E-state index in [9.17, 15) is 9.59 Å². The number of anilines is 2. The van der Waals surface area contributed by atoms with E-state index in [1.807, 2.05) is 12.1 Å². The molecule has 0 unspecified atom stereocenters. The molecule has 0 radical (unpaired) electrons. The van der Waals surface area contributed by atoms with Crippen molar-refractivity contribution in [2.24, 2.45) is 28.3 Å². The maximum atomic E-state index is 13.3. The Morgan fingerprint density at radius 2 is 1.78 bits per heavy atom. The fourth-order valence-electron chi connectivity index (χ4n) is 8.50. The van der Waals surface area contributed by atoms with Crippen molar-refractivity contribution in [1.29, 1.82) is 0 Å². The van der Waals surface area contributed by atoms with E-state index >= 15 is 0 Å². The number of nitrogens with zero attached hydrogens (tertiary/aromatic N) is 7. The summed E-state index contributed by atoms with van der Waals surface area (Å²) in [6.45, 7) is 1.12. The summed E-state index contributed by atoms with van der Waals surface area (Å²) in [5, 5.41) is 20.0. The Hall–Kier alpha value is -5.07. The second-order valence-electron chi connectivity index (χ2n) is 13.3. The molecule has 9 rings (SSSR count). The first-order chi connectivity index (χ1) is 22.4. The minimum Gasteiger partial charge on any atom is -0.426 e. The summed E-state index contributed by atoms with van der Waals surface area (Å²) in [5.74, 6) is 2.09. The van der Waals surface area contributed by atoms with E-state index in [1.165, 1.54) is 35.7 Å². The lowest BCUT2D eigenvalue weighted by Gasteiger charge is -2.55. The third-order valence-corrected chi connectivity index (χ3v) is 10.2. The van der Waals surface area contributed by atoms with Gasteiger partial charge in [0.1, 0.15) is 5.75 Å². The van der Waals surface area contributed by atoms with Crippen LogP contribution in [0, 0.1) is 23.2 Å². The maximum absolute atomic E-state index is 13.3. The van der Waals surface area contributed by atoms with Gasteiger partial charge in [0, 0.05) is 12.2 Å². The number of nitrogen functional groups attached to an aromatic ring is 1. The molecule has 4 aliphatic carbocycles. The van der Waals surface area contributed by atoms with E-state index in [1.54, 1.807) is 24.3 Å². The molecule has 5 aliphatic rings. The number of hydrogen-bond acceptors (Lipinski definition) is 11. The van der Waals surface area contributed by atoms with Crippen LogP contribution in [0.5, 0.6) is 5.75 Å². The number of hydrogen-bond donors (Lipinski definition) is 2. The highest BCUT2D eigenvalue weighted by Crippen LogP contribution is 2.60. The van der Waals surface area contributed by atoms with Crippen LogP contribution in [0.15, 0.2) is 58.3 Å². The molecule has 0 atom stereocenters. The van der Waals surface area contributed by atoms with E-state index in [2.05, 4.69) is 48.2 Å². The minimum atomic E-state index is -0.543. The van der Waals surface area contributed by atoms with Crippen molar-refractivity contribution >= 4 is 29.6 Å². The number of fused-ring (bicyclic) bond motifs is 1. The Morgan fingerprint density at radius 3 is 2.50 bits per heavy atom. The molecule has 4 saturated carbocycles. The number of carbonyl (C=O) groups is 2. The third-order valence-electron chi connectivity index (χ3n) is 10.2. The zero-order chi connectivity index (χ0) is 31.3. The summed E-state index contributed by atoms with van der Waals surface area (Å²) in [7, 11) is 0. The summed E-state index contributed by atoms with van der Waals surface area (Å²) in [6.07, 6.45) is 10.2. The Morgan fingerprint density at radius 1 is 1.04 bits per heavy atom. The van der Waals surface area contributed by atoms with Crippen LogP contribution in [0.3, 0.4) is 0 Å². The molecule has 1 aliphatic heterocycles. The summed E-state index contributed by atoms with van der Waals surface area (Å²) in [4.78, 5) is 28.8. The molecular weight excluding hydrogens is 586 g/mol. The first-order valence-corrected chi connectivity index (χ1v) is 16.0. The van der Waals surface area contributed by atoms with Gasteiger partial charge in [0.2, 0.25) is 11.6 Å². The molecule has 0 saturated heterocycles. The summed E-state index contributed by atoms with van der Waals surface area (Å²) in [5.41, 5.74) is 11.8. The van der Waals surface area contributed by atoms with Crippen LogP contribution in [0.4, 0.5) is 11.5 Å². The number of esters is 1. The van der Waals surface area contributed by atoms with E-state index in [0.717, 1.165) is 49.9 Å². The molecule has 4 bridgehead atoms. The smallest absolute Gasteiger partial charge is 0.317 e. The number of amides is 1. The number of benzene rings is 2. The lowest BCUT2D eigenvalue weighted by Crippen LogP contribution is -2.51. The van der Waals surface area contributed by atoms with Crippen molar-refractivity contribution in [3.05, 3.63) is 71.0 Å². The number of carbonyl (C=O) groups excluding carboxylic acids is 2. The monoisotopic (exact) mass is 621 g/mol. The summed E-state index contributed by atoms with van der Waals surface area (Å²) >= 11 is 0. The van der Waals surface area contributed by atoms with Crippen molar-refractivity contribution in [3.63, 3.8) is 0 Å². The maximum Gasteiger partial charge on any atom is 0.317 e. The highest BCUT2D eigenvalue weighted by atomic mass is 16.6. The first-order valence-electron chi connectivity index (χ1n) is 16.0. The third kappa shape index (κ3) is 5.19. The molecule has 4 fully saturated rings. The predicted octanol–water partition coefficient (Wildman–Crippen LogP) is 4.07. The molecule has 4 aromatic rings. The molecule has 2 aromatic carbocycles. The molecule has 3 heterocycles. The van der Waals surface area contributed by atoms with Gasteiger partial charge in [-0.3, -0.25) is 9.59 Å². The van der Waals surface area contributed by atoms with Gasteiger partial charge in [-0.1, -0.05) is 23.4 Å². The molecule has 0 spiro atoms. The Balaban J connectivity index is 0.954. The number of aryl methyl sites for hydroxylation is 1. The molecule has 13 heteroatoms. The van der Waals surface area contributed by atoms with Crippen LogP contribution in [0.25, 0.3) is 5.82 Å².